The van der Waals surface area contributed by atoms with Gasteiger partial charge in [-0.1, -0.05) is 38.3 Å². The first-order valence-corrected chi connectivity index (χ1v) is 8.83. The number of hydrogen-bond donors (Lipinski definition) is 1. The molecule has 26 heavy (non-hydrogen) atoms. The highest BCUT2D eigenvalue weighted by Crippen LogP contribution is 2.31. The van der Waals surface area contributed by atoms with Crippen LogP contribution in [0.1, 0.15) is 44.2 Å². The van der Waals surface area contributed by atoms with E-state index < -0.39 is 12.5 Å². The Hall–Kier alpha value is -1.05. The molecule has 8 heteroatoms. The molecule has 1 N–H and O–H groups in total. The lowest BCUT2D eigenvalue weighted by molar-refractivity contribution is -0.253. The van der Waals surface area contributed by atoms with E-state index >= 15 is 0 Å². The topological polar surface area (TPSA) is 24.5 Å². The number of piperazine rings is 1. The maximum Gasteiger partial charge on any atom is 0.461 e. The lowest BCUT2D eigenvalue weighted by atomic mass is 9.98. The van der Waals surface area contributed by atoms with Crippen LogP contribution in [0.4, 0.5) is 17.6 Å². The van der Waals surface area contributed by atoms with Crippen molar-refractivity contribution in [3.63, 3.8) is 0 Å². The number of benzene rings is 1. The Morgan fingerprint density at radius 1 is 1.12 bits per heavy atom. The molecular formula is C18H27ClF4N2O. The van der Waals surface area contributed by atoms with Crippen molar-refractivity contribution >= 4 is 12.4 Å². The van der Waals surface area contributed by atoms with Crippen LogP contribution in [-0.2, 0) is 0 Å². The van der Waals surface area contributed by atoms with Crippen LogP contribution < -0.4 is 10.1 Å². The van der Waals surface area contributed by atoms with Crippen LogP contribution in [-0.4, -0.2) is 43.6 Å². The van der Waals surface area contributed by atoms with Crippen LogP contribution in [0.3, 0.4) is 0 Å². The van der Waals surface area contributed by atoms with Crippen molar-refractivity contribution in [2.24, 2.45) is 0 Å². The molecule has 150 valence electrons. The highest BCUT2D eigenvalue weighted by molar-refractivity contribution is 5.85. The average Bonchev–Trinajstić information content (AvgIpc) is 2.60. The van der Waals surface area contributed by atoms with E-state index in [1.807, 2.05) is 0 Å². The van der Waals surface area contributed by atoms with Crippen molar-refractivity contribution in [3.8, 4) is 5.75 Å². The van der Waals surface area contributed by atoms with Gasteiger partial charge in [0.05, 0.1) is 0 Å². The van der Waals surface area contributed by atoms with E-state index in [0.29, 0.717) is 0 Å². The fourth-order valence-electron chi connectivity index (χ4n) is 3.10. The summed E-state index contributed by atoms with van der Waals surface area (Å²) in [5.74, 6) is -0.248. The Bertz CT molecular complexity index is 510. The molecule has 1 atom stereocenters. The summed E-state index contributed by atoms with van der Waals surface area (Å²) >= 11 is 0. The van der Waals surface area contributed by atoms with Gasteiger partial charge < -0.3 is 10.1 Å². The zero-order chi connectivity index (χ0) is 18.3. The molecule has 0 spiro atoms. The minimum Gasteiger partial charge on any atom is -0.428 e. The molecule has 0 saturated carbocycles. The minimum absolute atomic E-state index is 0. The predicted molar refractivity (Wildman–Crippen MR) is 96.6 cm³/mol. The zero-order valence-corrected chi connectivity index (χ0v) is 15.7. The van der Waals surface area contributed by atoms with Gasteiger partial charge in [0.2, 0.25) is 0 Å². The van der Waals surface area contributed by atoms with Gasteiger partial charge in [0.1, 0.15) is 5.75 Å². The summed E-state index contributed by atoms with van der Waals surface area (Å²) in [6.07, 6.45) is -3.97. The van der Waals surface area contributed by atoms with E-state index in [4.69, 9.17) is 0 Å². The van der Waals surface area contributed by atoms with Gasteiger partial charge in [-0.3, -0.25) is 4.90 Å². The molecule has 1 aromatic carbocycles. The number of hydrogen-bond acceptors (Lipinski definition) is 3. The van der Waals surface area contributed by atoms with E-state index in [-0.39, 0.29) is 24.2 Å². The number of halogens is 5. The first-order chi connectivity index (χ1) is 11.9. The molecule has 0 amide bonds. The lowest BCUT2D eigenvalue weighted by Gasteiger charge is -2.35. The molecule has 1 saturated heterocycles. The summed E-state index contributed by atoms with van der Waals surface area (Å²) in [7, 11) is 0. The van der Waals surface area contributed by atoms with Crippen LogP contribution in [0.2, 0.25) is 0 Å². The normalized spacial score (nSPS) is 17.0. The van der Waals surface area contributed by atoms with E-state index in [2.05, 4.69) is 21.9 Å². The quantitative estimate of drug-likeness (QED) is 0.474. The second-order valence-corrected chi connectivity index (χ2v) is 6.33. The fourth-order valence-corrected chi connectivity index (χ4v) is 3.10. The Morgan fingerprint density at radius 2 is 1.73 bits per heavy atom. The maximum atomic E-state index is 13.0. The van der Waals surface area contributed by atoms with Crippen molar-refractivity contribution in [1.82, 2.24) is 10.2 Å². The monoisotopic (exact) mass is 398 g/mol. The first-order valence-electron chi connectivity index (χ1n) is 8.83. The molecule has 1 heterocycles. The van der Waals surface area contributed by atoms with Gasteiger partial charge in [0.25, 0.3) is 0 Å². The zero-order valence-electron chi connectivity index (χ0n) is 14.9. The summed E-state index contributed by atoms with van der Waals surface area (Å²) in [6.45, 7) is 5.85. The van der Waals surface area contributed by atoms with Crippen LogP contribution >= 0.6 is 12.4 Å². The Morgan fingerprint density at radius 3 is 2.27 bits per heavy atom. The highest BCUT2D eigenvalue weighted by Gasteiger charge is 2.43. The summed E-state index contributed by atoms with van der Waals surface area (Å²) in [5, 5.41) is 3.32. The first kappa shape index (κ1) is 23.0. The fraction of sp³-hybridized carbons (Fsp3) is 0.667. The van der Waals surface area contributed by atoms with E-state index in [1.54, 1.807) is 12.1 Å². The van der Waals surface area contributed by atoms with Crippen molar-refractivity contribution in [1.29, 1.82) is 0 Å². The number of nitrogens with one attached hydrogen (secondary N) is 1. The van der Waals surface area contributed by atoms with Crippen molar-refractivity contribution in [2.45, 2.75) is 51.2 Å². The number of rotatable bonds is 9. The predicted octanol–water partition coefficient (Wildman–Crippen LogP) is 4.87. The van der Waals surface area contributed by atoms with Crippen molar-refractivity contribution in [2.75, 3.05) is 26.2 Å². The standard InChI is InChI=1S/C18H26F4N2O.ClH/c1-2-3-4-5-16(24-12-10-23-11-13-24)14-6-8-15(9-7-14)25-18(21,22)17(19)20;/h6-9,16-17,23H,2-5,10-13H2,1H3;1H/t16-;/m0./s1. The average molecular weight is 399 g/mol. The molecule has 2 rings (SSSR count). The highest BCUT2D eigenvalue weighted by atomic mass is 35.5. The lowest BCUT2D eigenvalue weighted by Crippen LogP contribution is -2.45. The number of unbranched alkanes of at least 4 members (excludes halogenated alkanes) is 2. The molecule has 0 unspecified atom stereocenters. The Kier molecular flexibility index (Phi) is 9.68. The van der Waals surface area contributed by atoms with Crippen LogP contribution in [0.15, 0.2) is 24.3 Å². The van der Waals surface area contributed by atoms with Gasteiger partial charge in [-0.25, -0.2) is 0 Å². The van der Waals surface area contributed by atoms with Gasteiger partial charge in [0, 0.05) is 32.2 Å². The molecule has 1 fully saturated rings. The molecule has 0 aliphatic carbocycles. The molecule has 1 aromatic rings. The third kappa shape index (κ3) is 6.59. The second-order valence-electron chi connectivity index (χ2n) is 6.33. The van der Waals surface area contributed by atoms with Gasteiger partial charge >= 0.3 is 12.5 Å². The second kappa shape index (κ2) is 10.9. The van der Waals surface area contributed by atoms with E-state index in [9.17, 15) is 17.6 Å². The molecule has 1 aliphatic rings. The Labute approximate surface area is 158 Å². The molecule has 3 nitrogen and oxygen atoms in total. The smallest absolute Gasteiger partial charge is 0.428 e. The van der Waals surface area contributed by atoms with E-state index in [0.717, 1.165) is 57.4 Å². The summed E-state index contributed by atoms with van der Waals surface area (Å²) in [6, 6.07) is 6.31. The molecule has 1 aliphatic heterocycles. The maximum absolute atomic E-state index is 13.0. The van der Waals surface area contributed by atoms with Gasteiger partial charge in [-0.2, -0.15) is 17.6 Å². The summed E-state index contributed by atoms with van der Waals surface area (Å²) in [5.41, 5.74) is 1.01. The van der Waals surface area contributed by atoms with Crippen molar-refractivity contribution < 1.29 is 22.3 Å². The molecule has 0 aromatic heterocycles. The van der Waals surface area contributed by atoms with Crippen LogP contribution in [0, 0.1) is 0 Å². The number of ether oxygens (including phenoxy) is 1. The Balaban J connectivity index is 0.00000338. The minimum atomic E-state index is -4.47. The van der Waals surface area contributed by atoms with Crippen LogP contribution in [0.5, 0.6) is 5.75 Å². The third-order valence-corrected chi connectivity index (χ3v) is 4.45. The van der Waals surface area contributed by atoms with Gasteiger partial charge in [0.15, 0.2) is 0 Å². The summed E-state index contributed by atoms with van der Waals surface area (Å²) in [4.78, 5) is 2.38. The summed E-state index contributed by atoms with van der Waals surface area (Å²) < 4.78 is 54.6. The SMILES string of the molecule is CCCCC[C@@H](c1ccc(OC(F)(F)C(F)F)cc1)N1CCNCC1.Cl. The van der Waals surface area contributed by atoms with Gasteiger partial charge in [-0.05, 0) is 24.1 Å². The molecular weight excluding hydrogens is 372 g/mol. The largest absolute Gasteiger partial charge is 0.461 e. The molecule has 0 radical (unpaired) electrons. The number of alkyl halides is 4. The third-order valence-electron chi connectivity index (χ3n) is 4.45. The molecule has 0 bridgehead atoms. The number of nitrogens with zero attached hydrogens (tertiary/aromatic N) is 1. The van der Waals surface area contributed by atoms with Gasteiger partial charge in [-0.15, -0.1) is 12.4 Å². The van der Waals surface area contributed by atoms with E-state index in [1.165, 1.54) is 12.1 Å². The van der Waals surface area contributed by atoms with Crippen molar-refractivity contribution in [3.05, 3.63) is 29.8 Å². The van der Waals surface area contributed by atoms with Crippen LogP contribution in [0.25, 0.3) is 0 Å².